The molecule has 3 nitrogen and oxygen atoms in total. The largest absolute Gasteiger partial charge is 0.488 e. The van der Waals surface area contributed by atoms with Crippen molar-refractivity contribution in [2.75, 3.05) is 27.2 Å². The van der Waals surface area contributed by atoms with Crippen LogP contribution in [0.2, 0.25) is 0 Å². The van der Waals surface area contributed by atoms with Crippen LogP contribution in [-0.4, -0.2) is 38.2 Å². The van der Waals surface area contributed by atoms with Gasteiger partial charge in [-0.2, -0.15) is 0 Å². The molecule has 4 heteroatoms. The SMILES string of the molecule is CN(C)Cc1ccc(OC2CNC2)cc1F. The molecule has 1 aliphatic rings. The van der Waals surface area contributed by atoms with Gasteiger partial charge in [0, 0.05) is 31.3 Å². The van der Waals surface area contributed by atoms with E-state index >= 15 is 0 Å². The molecule has 1 aliphatic heterocycles. The number of nitrogens with zero attached hydrogens (tertiary/aromatic N) is 1. The molecule has 0 aliphatic carbocycles. The molecule has 0 atom stereocenters. The average Bonchev–Trinajstić information content (AvgIpc) is 2.15. The number of halogens is 1. The summed E-state index contributed by atoms with van der Waals surface area (Å²) in [7, 11) is 3.84. The zero-order chi connectivity index (χ0) is 11.5. The summed E-state index contributed by atoms with van der Waals surface area (Å²) in [6.45, 7) is 2.30. The van der Waals surface area contributed by atoms with Crippen LogP contribution in [0.1, 0.15) is 5.56 Å². The minimum Gasteiger partial charge on any atom is -0.488 e. The third-order valence-electron chi connectivity index (χ3n) is 2.56. The fourth-order valence-electron chi connectivity index (χ4n) is 1.61. The van der Waals surface area contributed by atoms with Crippen molar-refractivity contribution in [1.82, 2.24) is 10.2 Å². The van der Waals surface area contributed by atoms with Crippen molar-refractivity contribution >= 4 is 0 Å². The van der Waals surface area contributed by atoms with Gasteiger partial charge in [-0.05, 0) is 20.2 Å². The first-order valence-electron chi connectivity index (χ1n) is 5.45. The second kappa shape index (κ2) is 4.80. The molecule has 1 heterocycles. The first-order chi connectivity index (χ1) is 7.65. The highest BCUT2D eigenvalue weighted by atomic mass is 19.1. The van der Waals surface area contributed by atoms with Crippen LogP contribution in [0, 0.1) is 5.82 Å². The van der Waals surface area contributed by atoms with Gasteiger partial charge < -0.3 is 15.0 Å². The van der Waals surface area contributed by atoms with Crippen molar-refractivity contribution in [2.45, 2.75) is 12.6 Å². The van der Waals surface area contributed by atoms with Gasteiger partial charge in [0.05, 0.1) is 0 Å². The topological polar surface area (TPSA) is 24.5 Å². The van der Waals surface area contributed by atoms with E-state index in [0.717, 1.165) is 13.1 Å². The second-order valence-electron chi connectivity index (χ2n) is 4.39. The maximum absolute atomic E-state index is 13.7. The highest BCUT2D eigenvalue weighted by molar-refractivity contribution is 5.29. The van der Waals surface area contributed by atoms with Crippen LogP contribution in [-0.2, 0) is 6.54 Å². The molecular formula is C12H17FN2O. The Balaban J connectivity index is 2.03. The lowest BCUT2D eigenvalue weighted by Gasteiger charge is -2.27. The van der Waals surface area contributed by atoms with Crippen LogP contribution in [0.25, 0.3) is 0 Å². The van der Waals surface area contributed by atoms with Gasteiger partial charge in [-0.3, -0.25) is 0 Å². The van der Waals surface area contributed by atoms with Gasteiger partial charge in [0.2, 0.25) is 0 Å². The quantitative estimate of drug-likeness (QED) is 0.832. The molecule has 0 saturated carbocycles. The Morgan fingerprint density at radius 2 is 2.19 bits per heavy atom. The highest BCUT2D eigenvalue weighted by Gasteiger charge is 2.18. The fourth-order valence-corrected chi connectivity index (χ4v) is 1.61. The van der Waals surface area contributed by atoms with Crippen molar-refractivity contribution < 1.29 is 9.13 Å². The minimum atomic E-state index is -0.196. The summed E-state index contributed by atoms with van der Waals surface area (Å²) < 4.78 is 19.2. The van der Waals surface area contributed by atoms with Gasteiger partial charge in [0.1, 0.15) is 17.7 Å². The molecule has 0 amide bonds. The highest BCUT2D eigenvalue weighted by Crippen LogP contribution is 2.19. The summed E-state index contributed by atoms with van der Waals surface area (Å²) in [5.74, 6) is 0.421. The molecule has 0 radical (unpaired) electrons. The van der Waals surface area contributed by atoms with Gasteiger partial charge in [-0.25, -0.2) is 4.39 Å². The van der Waals surface area contributed by atoms with E-state index in [-0.39, 0.29) is 11.9 Å². The second-order valence-corrected chi connectivity index (χ2v) is 4.39. The molecule has 1 saturated heterocycles. The van der Waals surface area contributed by atoms with Crippen molar-refractivity contribution in [3.05, 3.63) is 29.6 Å². The van der Waals surface area contributed by atoms with Crippen LogP contribution in [0.4, 0.5) is 4.39 Å². The normalized spacial score (nSPS) is 16.2. The summed E-state index contributed by atoms with van der Waals surface area (Å²) in [6.07, 6.45) is 0.194. The summed E-state index contributed by atoms with van der Waals surface area (Å²) in [5.41, 5.74) is 0.698. The number of hydrogen-bond acceptors (Lipinski definition) is 3. The van der Waals surface area contributed by atoms with Crippen LogP contribution >= 0.6 is 0 Å². The molecule has 88 valence electrons. The Kier molecular flexibility index (Phi) is 3.41. The van der Waals surface area contributed by atoms with E-state index in [1.807, 2.05) is 25.1 Å². The molecule has 0 bridgehead atoms. The Morgan fingerprint density at radius 1 is 1.44 bits per heavy atom. The van der Waals surface area contributed by atoms with E-state index in [1.54, 1.807) is 6.07 Å². The number of hydrogen-bond donors (Lipinski definition) is 1. The van der Waals surface area contributed by atoms with Gasteiger partial charge in [-0.15, -0.1) is 0 Å². The third kappa shape index (κ3) is 2.71. The van der Waals surface area contributed by atoms with E-state index in [1.165, 1.54) is 6.07 Å². The standard InChI is InChI=1S/C12H17FN2O/c1-15(2)8-9-3-4-10(5-12(9)13)16-11-6-14-7-11/h3-5,11,14H,6-8H2,1-2H3. The maximum atomic E-state index is 13.7. The number of ether oxygens (including phenoxy) is 1. The summed E-state index contributed by atoms with van der Waals surface area (Å²) in [5, 5.41) is 3.11. The molecular weight excluding hydrogens is 207 g/mol. The van der Waals surface area contributed by atoms with Gasteiger partial charge in [-0.1, -0.05) is 6.07 Å². The fraction of sp³-hybridized carbons (Fsp3) is 0.500. The molecule has 1 fully saturated rings. The average molecular weight is 224 g/mol. The summed E-state index contributed by atoms with van der Waals surface area (Å²) in [6, 6.07) is 5.09. The predicted octanol–water partition coefficient (Wildman–Crippen LogP) is 1.24. The lowest BCUT2D eigenvalue weighted by molar-refractivity contribution is 0.141. The maximum Gasteiger partial charge on any atom is 0.131 e. The molecule has 2 rings (SSSR count). The molecule has 0 aromatic heterocycles. The van der Waals surface area contributed by atoms with Crippen LogP contribution < -0.4 is 10.1 Å². The summed E-state index contributed by atoms with van der Waals surface area (Å²) >= 11 is 0. The Morgan fingerprint density at radius 3 is 2.69 bits per heavy atom. The summed E-state index contributed by atoms with van der Waals surface area (Å²) in [4.78, 5) is 1.94. The number of rotatable bonds is 4. The van der Waals surface area contributed by atoms with Crippen molar-refractivity contribution in [1.29, 1.82) is 0 Å². The van der Waals surface area contributed by atoms with Crippen molar-refractivity contribution in [3.8, 4) is 5.75 Å². The van der Waals surface area contributed by atoms with Gasteiger partial charge >= 0.3 is 0 Å². The van der Waals surface area contributed by atoms with Gasteiger partial charge in [0.25, 0.3) is 0 Å². The Labute approximate surface area is 95.2 Å². The van der Waals surface area contributed by atoms with E-state index in [9.17, 15) is 4.39 Å². The molecule has 16 heavy (non-hydrogen) atoms. The molecule has 1 aromatic carbocycles. The Bertz CT molecular complexity index is 364. The van der Waals surface area contributed by atoms with Crippen molar-refractivity contribution in [3.63, 3.8) is 0 Å². The molecule has 0 spiro atoms. The van der Waals surface area contributed by atoms with E-state index < -0.39 is 0 Å². The molecule has 0 unspecified atom stereocenters. The van der Waals surface area contributed by atoms with E-state index in [4.69, 9.17) is 4.74 Å². The lowest BCUT2D eigenvalue weighted by Crippen LogP contribution is -2.50. The molecule has 1 aromatic rings. The first kappa shape index (κ1) is 11.4. The number of nitrogens with one attached hydrogen (secondary N) is 1. The smallest absolute Gasteiger partial charge is 0.131 e. The van der Waals surface area contributed by atoms with Crippen LogP contribution in [0.5, 0.6) is 5.75 Å². The predicted molar refractivity (Wildman–Crippen MR) is 61.1 cm³/mol. The zero-order valence-electron chi connectivity index (χ0n) is 9.66. The number of benzene rings is 1. The van der Waals surface area contributed by atoms with Crippen LogP contribution in [0.15, 0.2) is 18.2 Å². The van der Waals surface area contributed by atoms with Gasteiger partial charge in [0.15, 0.2) is 0 Å². The molecule has 1 N–H and O–H groups in total. The van der Waals surface area contributed by atoms with E-state index in [2.05, 4.69) is 5.32 Å². The lowest BCUT2D eigenvalue weighted by atomic mass is 10.2. The minimum absolute atomic E-state index is 0.194. The van der Waals surface area contributed by atoms with Crippen molar-refractivity contribution in [2.24, 2.45) is 0 Å². The first-order valence-corrected chi connectivity index (χ1v) is 5.45. The zero-order valence-corrected chi connectivity index (χ0v) is 9.66. The third-order valence-corrected chi connectivity index (χ3v) is 2.56. The van der Waals surface area contributed by atoms with E-state index in [0.29, 0.717) is 17.9 Å². The monoisotopic (exact) mass is 224 g/mol. The Hall–Kier alpha value is -1.13. The van der Waals surface area contributed by atoms with Crippen LogP contribution in [0.3, 0.4) is 0 Å².